The molecule has 1 aliphatic rings. The summed E-state index contributed by atoms with van der Waals surface area (Å²) in [4.78, 5) is 0. The van der Waals surface area contributed by atoms with Gasteiger partial charge in [0.2, 0.25) is 0 Å². The van der Waals surface area contributed by atoms with Crippen LogP contribution in [0.15, 0.2) is 85.0 Å². The van der Waals surface area contributed by atoms with Crippen molar-refractivity contribution in [3.05, 3.63) is 96.1 Å². The minimum absolute atomic E-state index is 0.411. The summed E-state index contributed by atoms with van der Waals surface area (Å²) in [6, 6.07) is 21.7. The molecule has 0 N–H and O–H groups in total. The van der Waals surface area contributed by atoms with Gasteiger partial charge in [0.05, 0.1) is 0 Å². The topological polar surface area (TPSA) is 0 Å². The summed E-state index contributed by atoms with van der Waals surface area (Å²) in [5.74, 6) is 0. The van der Waals surface area contributed by atoms with Crippen LogP contribution in [0.1, 0.15) is 17.5 Å². The summed E-state index contributed by atoms with van der Waals surface area (Å²) in [7, 11) is 0. The van der Waals surface area contributed by atoms with Gasteiger partial charge in [0.15, 0.2) is 0 Å². The fraction of sp³-hybridized carbons (Fsp3) is 0.158. The molecular formula is C19H22Ge. The Kier molecular flexibility index (Phi) is 6.97. The van der Waals surface area contributed by atoms with Crippen LogP contribution in [-0.2, 0) is 10.5 Å². The SMILES string of the molecule is C1=CCC=C1.c1ccc([CH2][GeH2][CH2]c2ccccc2)cc1. The molecule has 0 saturated heterocycles. The summed E-state index contributed by atoms with van der Waals surface area (Å²) in [5, 5.41) is 2.73. The normalized spacial score (nSPS) is 12.0. The van der Waals surface area contributed by atoms with E-state index in [9.17, 15) is 0 Å². The van der Waals surface area contributed by atoms with Crippen molar-refractivity contribution in [2.75, 3.05) is 0 Å². The molecule has 1 aliphatic carbocycles. The van der Waals surface area contributed by atoms with Crippen molar-refractivity contribution >= 4 is 15.4 Å². The number of hydrogen-bond donors (Lipinski definition) is 0. The van der Waals surface area contributed by atoms with E-state index in [4.69, 9.17) is 0 Å². The molecule has 1 heteroatoms. The molecule has 3 rings (SSSR count). The third-order valence-electron chi connectivity index (χ3n) is 3.27. The Morgan fingerprint density at radius 2 is 1.10 bits per heavy atom. The van der Waals surface area contributed by atoms with Gasteiger partial charge in [0.25, 0.3) is 0 Å². The van der Waals surface area contributed by atoms with Crippen molar-refractivity contribution in [2.45, 2.75) is 16.9 Å². The van der Waals surface area contributed by atoms with Gasteiger partial charge < -0.3 is 0 Å². The molecule has 0 saturated carbocycles. The van der Waals surface area contributed by atoms with Gasteiger partial charge in [0.1, 0.15) is 0 Å². The monoisotopic (exact) mass is 324 g/mol. The van der Waals surface area contributed by atoms with E-state index in [-0.39, 0.29) is 0 Å². The first-order valence-electron chi connectivity index (χ1n) is 7.34. The molecule has 0 amide bonds. The number of hydrogen-bond acceptors (Lipinski definition) is 0. The predicted molar refractivity (Wildman–Crippen MR) is 91.7 cm³/mol. The second-order valence-electron chi connectivity index (χ2n) is 4.92. The van der Waals surface area contributed by atoms with Crippen molar-refractivity contribution < 1.29 is 0 Å². The van der Waals surface area contributed by atoms with E-state index >= 15 is 0 Å². The Morgan fingerprint density at radius 1 is 0.650 bits per heavy atom. The number of benzene rings is 2. The molecule has 0 nitrogen and oxygen atoms in total. The molecule has 0 aliphatic heterocycles. The van der Waals surface area contributed by atoms with Gasteiger partial charge in [-0.2, -0.15) is 0 Å². The third-order valence-corrected chi connectivity index (χ3v) is 7.18. The maximum atomic E-state index is 2.25. The summed E-state index contributed by atoms with van der Waals surface area (Å²) in [6.45, 7) is 0. The molecule has 0 bridgehead atoms. The Labute approximate surface area is 128 Å². The molecule has 0 aromatic heterocycles. The van der Waals surface area contributed by atoms with E-state index < -0.39 is 15.4 Å². The zero-order valence-electron chi connectivity index (χ0n) is 11.9. The van der Waals surface area contributed by atoms with Crippen LogP contribution in [0.3, 0.4) is 0 Å². The van der Waals surface area contributed by atoms with Crippen LogP contribution in [0.2, 0.25) is 0 Å². The van der Waals surface area contributed by atoms with E-state index in [1.165, 1.54) is 21.6 Å². The first-order valence-corrected chi connectivity index (χ1v) is 11.5. The Hall–Kier alpha value is -1.54. The maximum absolute atomic E-state index is 2.25. The zero-order valence-corrected chi connectivity index (χ0v) is 14.9. The molecule has 0 spiro atoms. The van der Waals surface area contributed by atoms with Gasteiger partial charge in [0, 0.05) is 0 Å². The van der Waals surface area contributed by atoms with Crippen molar-refractivity contribution in [1.82, 2.24) is 0 Å². The zero-order chi connectivity index (χ0) is 13.9. The van der Waals surface area contributed by atoms with Gasteiger partial charge in [-0.3, -0.25) is 0 Å². The average Bonchev–Trinajstić information content (AvgIpc) is 3.09. The molecule has 0 heterocycles. The summed E-state index contributed by atoms with van der Waals surface area (Å²) in [6.07, 6.45) is 9.50. The van der Waals surface area contributed by atoms with E-state index in [1.54, 1.807) is 0 Å². The van der Waals surface area contributed by atoms with Crippen LogP contribution in [0.4, 0.5) is 0 Å². The summed E-state index contributed by atoms with van der Waals surface area (Å²) in [5.41, 5.74) is 3.04. The fourth-order valence-electron chi connectivity index (χ4n) is 2.18. The van der Waals surface area contributed by atoms with Gasteiger partial charge in [-0.1, -0.05) is 24.3 Å². The molecule has 0 unspecified atom stereocenters. The van der Waals surface area contributed by atoms with Crippen LogP contribution in [-0.4, -0.2) is 15.4 Å². The third kappa shape index (κ3) is 6.07. The van der Waals surface area contributed by atoms with Crippen molar-refractivity contribution in [3.8, 4) is 0 Å². The Morgan fingerprint density at radius 3 is 1.45 bits per heavy atom. The van der Waals surface area contributed by atoms with Crippen molar-refractivity contribution in [2.24, 2.45) is 0 Å². The number of rotatable bonds is 4. The first-order chi connectivity index (χ1) is 9.95. The van der Waals surface area contributed by atoms with Crippen LogP contribution in [0, 0.1) is 0 Å². The first kappa shape index (κ1) is 14.9. The molecule has 2 aromatic rings. The van der Waals surface area contributed by atoms with E-state index in [0.29, 0.717) is 0 Å². The van der Waals surface area contributed by atoms with Crippen LogP contribution >= 0.6 is 0 Å². The summed E-state index contributed by atoms with van der Waals surface area (Å²) < 4.78 is 0. The molecule has 102 valence electrons. The standard InChI is InChI=1S/C14H16Ge.C5H6/c1-3-7-13(8-4-1)11-15-12-14-9-5-2-6-10-14;1-2-4-5-3-1/h1-10H,11-12,15H2;1-4H,5H2. The minimum atomic E-state index is -0.411. The Bertz CT molecular complexity index is 477. The second-order valence-corrected chi connectivity index (χ2v) is 8.50. The fourth-order valence-corrected chi connectivity index (χ4v) is 5.66. The quantitative estimate of drug-likeness (QED) is 0.745. The van der Waals surface area contributed by atoms with Crippen LogP contribution in [0.5, 0.6) is 0 Å². The van der Waals surface area contributed by atoms with Crippen LogP contribution < -0.4 is 0 Å². The molecule has 2 aromatic carbocycles. The van der Waals surface area contributed by atoms with E-state index in [2.05, 4.69) is 85.0 Å². The van der Waals surface area contributed by atoms with Gasteiger partial charge in [-0.05, 0) is 6.42 Å². The molecule has 20 heavy (non-hydrogen) atoms. The van der Waals surface area contributed by atoms with Crippen molar-refractivity contribution in [3.63, 3.8) is 0 Å². The molecule has 0 radical (unpaired) electrons. The van der Waals surface area contributed by atoms with Gasteiger partial charge in [-0.15, -0.1) is 0 Å². The van der Waals surface area contributed by atoms with Crippen molar-refractivity contribution in [1.29, 1.82) is 0 Å². The van der Waals surface area contributed by atoms with Crippen LogP contribution in [0.25, 0.3) is 0 Å². The number of allylic oxidation sites excluding steroid dienone is 4. The second kappa shape index (κ2) is 9.38. The van der Waals surface area contributed by atoms with Gasteiger partial charge >= 0.3 is 97.7 Å². The van der Waals surface area contributed by atoms with E-state index in [1.807, 2.05) is 0 Å². The predicted octanol–water partition coefficient (Wildman–Crippen LogP) is 4.06. The van der Waals surface area contributed by atoms with Gasteiger partial charge in [-0.25, -0.2) is 0 Å². The Balaban J connectivity index is 0.000000247. The van der Waals surface area contributed by atoms with E-state index in [0.717, 1.165) is 6.42 Å². The molecular weight excluding hydrogens is 301 g/mol. The molecule has 0 atom stereocenters. The average molecular weight is 323 g/mol. The summed E-state index contributed by atoms with van der Waals surface area (Å²) >= 11 is -0.411. The molecule has 0 fully saturated rings.